The van der Waals surface area contributed by atoms with Gasteiger partial charge in [-0.15, -0.1) is 0 Å². The van der Waals surface area contributed by atoms with E-state index in [9.17, 15) is 10.2 Å². The van der Waals surface area contributed by atoms with E-state index in [0.717, 1.165) is 101 Å². The molecule has 5 N–H and O–H groups in total. The van der Waals surface area contributed by atoms with Gasteiger partial charge in [0, 0.05) is 52.5 Å². The van der Waals surface area contributed by atoms with E-state index in [4.69, 9.17) is 23.7 Å². The standard InChI is InChI=1S/C36H45N3O7/c1-5-38-18-45-28-15-26(42-3)21-10-11-22-31-24(39-25(16-37-2)34(28)33(21)31)14-27-32(22)35(40)23(17-44-27)19-12-29(43-4)36(41)30(13-19)46-20-8-6-7-9-20/h12-15,20,23,25,35,37-41H,5-11,16-18H2,1-4H3. The van der Waals surface area contributed by atoms with Crippen molar-refractivity contribution in [1.29, 1.82) is 0 Å². The van der Waals surface area contributed by atoms with Gasteiger partial charge in [-0.1, -0.05) is 6.92 Å². The van der Waals surface area contributed by atoms with Crippen LogP contribution < -0.4 is 39.6 Å². The smallest absolute Gasteiger partial charge is 0.200 e. The number of phenolic OH excluding ortho intramolecular Hbond substituents is 1. The average molecular weight is 632 g/mol. The molecule has 2 aliphatic heterocycles. The van der Waals surface area contributed by atoms with Gasteiger partial charge >= 0.3 is 0 Å². The molecule has 2 aliphatic carbocycles. The van der Waals surface area contributed by atoms with Crippen molar-refractivity contribution < 1.29 is 33.9 Å². The Labute approximate surface area is 270 Å². The van der Waals surface area contributed by atoms with Crippen molar-refractivity contribution in [3.8, 4) is 45.6 Å². The Morgan fingerprint density at radius 1 is 0.935 bits per heavy atom. The van der Waals surface area contributed by atoms with E-state index in [0.29, 0.717) is 30.5 Å². The second-order valence-electron chi connectivity index (χ2n) is 12.6. The van der Waals surface area contributed by atoms with Crippen LogP contribution in [-0.2, 0) is 12.8 Å². The summed E-state index contributed by atoms with van der Waals surface area (Å²) in [7, 11) is 5.19. The first-order valence-corrected chi connectivity index (χ1v) is 16.5. The number of hydrogen-bond acceptors (Lipinski definition) is 10. The van der Waals surface area contributed by atoms with Crippen molar-refractivity contribution in [3.63, 3.8) is 0 Å². The number of anilines is 1. The molecule has 0 amide bonds. The number of likely N-dealkylation sites (N-methyl/N-ethyl adjacent to an activating group) is 1. The first kappa shape index (κ1) is 30.8. The van der Waals surface area contributed by atoms with Gasteiger partial charge in [-0.2, -0.15) is 0 Å². The van der Waals surface area contributed by atoms with Gasteiger partial charge in [-0.3, -0.25) is 5.32 Å². The topological polar surface area (TPSA) is 123 Å². The zero-order chi connectivity index (χ0) is 31.9. The summed E-state index contributed by atoms with van der Waals surface area (Å²) in [6, 6.07) is 7.65. The lowest BCUT2D eigenvalue weighted by Gasteiger charge is -2.40. The van der Waals surface area contributed by atoms with Crippen molar-refractivity contribution in [3.05, 3.63) is 52.1 Å². The number of aromatic hydroxyl groups is 1. The van der Waals surface area contributed by atoms with Gasteiger partial charge in [0.2, 0.25) is 5.75 Å². The molecule has 3 aromatic rings. The Kier molecular flexibility index (Phi) is 8.52. The number of fused-ring (bicyclic) bond motifs is 2. The van der Waals surface area contributed by atoms with Crippen LogP contribution in [0.4, 0.5) is 5.69 Å². The number of aliphatic hydroxyl groups excluding tert-OH is 1. The van der Waals surface area contributed by atoms with Crippen LogP contribution in [-0.4, -0.2) is 64.0 Å². The summed E-state index contributed by atoms with van der Waals surface area (Å²) < 4.78 is 30.5. The van der Waals surface area contributed by atoms with Crippen LogP contribution in [0.25, 0.3) is 11.1 Å². The van der Waals surface area contributed by atoms with Crippen LogP contribution >= 0.6 is 0 Å². The second-order valence-corrected chi connectivity index (χ2v) is 12.6. The van der Waals surface area contributed by atoms with Crippen LogP contribution in [0.15, 0.2) is 24.3 Å². The lowest BCUT2D eigenvalue weighted by atomic mass is 9.73. The average Bonchev–Trinajstić information content (AvgIpc) is 3.58. The van der Waals surface area contributed by atoms with Crippen molar-refractivity contribution in [2.24, 2.45) is 0 Å². The third-order valence-electron chi connectivity index (χ3n) is 10.00. The van der Waals surface area contributed by atoms with E-state index in [2.05, 4.69) is 22.9 Å². The van der Waals surface area contributed by atoms with Gasteiger partial charge < -0.3 is 44.5 Å². The van der Waals surface area contributed by atoms with E-state index in [1.807, 2.05) is 25.2 Å². The van der Waals surface area contributed by atoms with Gasteiger partial charge in [0.25, 0.3) is 0 Å². The minimum absolute atomic E-state index is 0.0126. The molecule has 1 saturated carbocycles. The van der Waals surface area contributed by atoms with Crippen LogP contribution in [0, 0.1) is 0 Å². The van der Waals surface area contributed by atoms with E-state index in [-0.39, 0.29) is 30.4 Å². The highest BCUT2D eigenvalue weighted by Gasteiger charge is 2.41. The number of methoxy groups -OCH3 is 2. The minimum Gasteiger partial charge on any atom is -0.502 e. The molecule has 3 atom stereocenters. The van der Waals surface area contributed by atoms with Crippen molar-refractivity contribution in [2.45, 2.75) is 69.6 Å². The summed E-state index contributed by atoms with van der Waals surface area (Å²) in [5.41, 5.74) is 8.12. The molecule has 0 bridgehead atoms. The van der Waals surface area contributed by atoms with Crippen molar-refractivity contribution in [2.75, 3.05) is 53.0 Å². The first-order valence-electron chi connectivity index (χ1n) is 16.5. The molecule has 246 valence electrons. The highest BCUT2D eigenvalue weighted by Crippen LogP contribution is 2.57. The molecule has 2 heterocycles. The summed E-state index contributed by atoms with van der Waals surface area (Å²) in [5.74, 6) is 2.60. The predicted molar refractivity (Wildman–Crippen MR) is 176 cm³/mol. The lowest BCUT2D eigenvalue weighted by Crippen LogP contribution is -2.32. The minimum atomic E-state index is -0.840. The maximum Gasteiger partial charge on any atom is 0.200 e. The molecule has 10 nitrogen and oxygen atoms in total. The van der Waals surface area contributed by atoms with E-state index in [1.165, 1.54) is 7.11 Å². The fourth-order valence-electron chi connectivity index (χ4n) is 7.80. The number of nitrogens with one attached hydrogen (secondary N) is 3. The molecule has 7 rings (SSSR count). The highest BCUT2D eigenvalue weighted by atomic mass is 16.5. The molecular formula is C36H45N3O7. The molecule has 3 aromatic carbocycles. The molecular weight excluding hydrogens is 586 g/mol. The maximum atomic E-state index is 12.2. The zero-order valence-electron chi connectivity index (χ0n) is 27.1. The molecule has 46 heavy (non-hydrogen) atoms. The summed E-state index contributed by atoms with van der Waals surface area (Å²) in [6.07, 6.45) is 4.87. The number of rotatable bonds is 11. The summed E-state index contributed by atoms with van der Waals surface area (Å²) in [6.45, 7) is 4.21. The molecule has 1 fully saturated rings. The van der Waals surface area contributed by atoms with Gasteiger partial charge in [-0.05, 0) is 80.9 Å². The summed E-state index contributed by atoms with van der Waals surface area (Å²) in [5, 5.41) is 33.5. The lowest BCUT2D eigenvalue weighted by molar-refractivity contribution is 0.0876. The Morgan fingerprint density at radius 2 is 1.70 bits per heavy atom. The fourth-order valence-corrected chi connectivity index (χ4v) is 7.80. The number of hydrogen-bond donors (Lipinski definition) is 5. The van der Waals surface area contributed by atoms with Gasteiger partial charge in [0.05, 0.1) is 39.1 Å². The number of phenols is 1. The molecule has 4 aliphatic rings. The fraction of sp³-hybridized carbons (Fsp3) is 0.500. The Morgan fingerprint density at radius 3 is 2.43 bits per heavy atom. The quantitative estimate of drug-likeness (QED) is 0.140. The van der Waals surface area contributed by atoms with Crippen LogP contribution in [0.5, 0.6) is 34.5 Å². The van der Waals surface area contributed by atoms with Crippen molar-refractivity contribution >= 4 is 5.69 Å². The highest BCUT2D eigenvalue weighted by molar-refractivity contribution is 5.94. The SMILES string of the molecule is CCNCOc1cc(OC)c2c3c1C(CNC)Nc1cc4c(c(c1-3)CC2)C(O)C(c1cc(OC)c(O)c(OC2CCCC2)c1)CO4. The third-order valence-corrected chi connectivity index (χ3v) is 10.00. The third kappa shape index (κ3) is 5.16. The Balaban J connectivity index is 1.33. The van der Waals surface area contributed by atoms with Crippen LogP contribution in [0.2, 0.25) is 0 Å². The van der Waals surface area contributed by atoms with Crippen LogP contribution in [0.1, 0.15) is 78.5 Å². The molecule has 0 saturated heterocycles. The van der Waals surface area contributed by atoms with Crippen LogP contribution in [0.3, 0.4) is 0 Å². The molecule has 0 radical (unpaired) electrons. The Bertz CT molecular complexity index is 1620. The molecule has 3 unspecified atom stereocenters. The number of aliphatic hydroxyl groups is 1. The maximum absolute atomic E-state index is 12.2. The number of benzene rings is 3. The molecule has 10 heteroatoms. The van der Waals surface area contributed by atoms with Gasteiger partial charge in [0.1, 0.15) is 24.0 Å². The van der Waals surface area contributed by atoms with E-state index in [1.54, 1.807) is 13.2 Å². The largest absolute Gasteiger partial charge is 0.502 e. The van der Waals surface area contributed by atoms with Gasteiger partial charge in [0.15, 0.2) is 11.5 Å². The van der Waals surface area contributed by atoms with Gasteiger partial charge in [-0.25, -0.2) is 0 Å². The molecule has 0 spiro atoms. The number of ether oxygens (including phenoxy) is 5. The monoisotopic (exact) mass is 631 g/mol. The van der Waals surface area contributed by atoms with E-state index >= 15 is 0 Å². The zero-order valence-corrected chi connectivity index (χ0v) is 27.1. The van der Waals surface area contributed by atoms with E-state index < -0.39 is 6.10 Å². The summed E-state index contributed by atoms with van der Waals surface area (Å²) in [4.78, 5) is 0. The Hall–Kier alpha value is -3.86. The first-order chi connectivity index (χ1) is 22.5. The summed E-state index contributed by atoms with van der Waals surface area (Å²) >= 11 is 0. The second kappa shape index (κ2) is 12.7. The normalized spacial score (nSPS) is 21.1. The molecule has 0 aromatic heterocycles. The predicted octanol–water partition coefficient (Wildman–Crippen LogP) is 5.34. The van der Waals surface area contributed by atoms with Crippen molar-refractivity contribution in [1.82, 2.24) is 10.6 Å².